The zero-order valence-corrected chi connectivity index (χ0v) is 9.46. The van der Waals surface area contributed by atoms with Crippen molar-refractivity contribution in [3.05, 3.63) is 54.1 Å². The third-order valence-electron chi connectivity index (χ3n) is 2.90. The normalized spacial score (nSPS) is 10.7. The number of hydrogen-bond acceptors (Lipinski definition) is 4. The molecule has 0 saturated carbocycles. The van der Waals surface area contributed by atoms with Crippen molar-refractivity contribution in [3.8, 4) is 0 Å². The Morgan fingerprint density at radius 3 is 1.94 bits per heavy atom. The highest BCUT2D eigenvalue weighted by molar-refractivity contribution is 6.14. The van der Waals surface area contributed by atoms with Crippen molar-refractivity contribution in [1.29, 1.82) is 0 Å². The van der Waals surface area contributed by atoms with E-state index in [2.05, 4.69) is 9.82 Å². The summed E-state index contributed by atoms with van der Waals surface area (Å²) in [6.45, 7) is 0. The fraction of sp³-hybridized carbons (Fsp3) is 0. The number of rotatable bonds is 1. The van der Waals surface area contributed by atoms with E-state index in [4.69, 9.17) is 5.90 Å². The van der Waals surface area contributed by atoms with Gasteiger partial charge in [0.2, 0.25) is 0 Å². The average molecular weight is 238 g/mol. The van der Waals surface area contributed by atoms with E-state index in [0.717, 1.165) is 21.8 Å². The van der Waals surface area contributed by atoms with Gasteiger partial charge in [-0.25, -0.2) is 9.78 Å². The molecule has 4 nitrogen and oxygen atoms in total. The molecule has 0 aliphatic carbocycles. The molecule has 3 rings (SSSR count). The van der Waals surface area contributed by atoms with E-state index in [0.29, 0.717) is 5.56 Å². The number of nitrogens with two attached hydrogens (primary N) is 1. The molecule has 0 fully saturated rings. The summed E-state index contributed by atoms with van der Waals surface area (Å²) in [5.74, 6) is 4.47. The van der Waals surface area contributed by atoms with Gasteiger partial charge < -0.3 is 4.84 Å². The molecule has 0 aliphatic heterocycles. The Labute approximate surface area is 103 Å². The lowest BCUT2D eigenvalue weighted by molar-refractivity contribution is 0.0508. The zero-order valence-electron chi connectivity index (χ0n) is 9.46. The van der Waals surface area contributed by atoms with Gasteiger partial charge in [-0.05, 0) is 12.1 Å². The first-order valence-corrected chi connectivity index (χ1v) is 5.50. The van der Waals surface area contributed by atoms with Crippen LogP contribution in [0.3, 0.4) is 0 Å². The van der Waals surface area contributed by atoms with Crippen LogP contribution in [-0.2, 0) is 4.84 Å². The molecule has 1 aromatic heterocycles. The van der Waals surface area contributed by atoms with Gasteiger partial charge in [0.25, 0.3) is 0 Å². The SMILES string of the molecule is NOC(=O)c1c2ccccc2nc2ccccc12. The molecular formula is C14H10N2O2. The summed E-state index contributed by atoms with van der Waals surface area (Å²) in [5.41, 5.74) is 1.95. The fourth-order valence-electron chi connectivity index (χ4n) is 2.12. The maximum Gasteiger partial charge on any atom is 0.357 e. The Morgan fingerprint density at radius 2 is 1.44 bits per heavy atom. The van der Waals surface area contributed by atoms with E-state index >= 15 is 0 Å². The zero-order chi connectivity index (χ0) is 12.5. The number of pyridine rings is 1. The second kappa shape index (κ2) is 4.09. The number of fused-ring (bicyclic) bond motifs is 2. The van der Waals surface area contributed by atoms with Crippen molar-refractivity contribution in [2.75, 3.05) is 0 Å². The summed E-state index contributed by atoms with van der Waals surface area (Å²) in [7, 11) is 0. The topological polar surface area (TPSA) is 65.2 Å². The van der Waals surface area contributed by atoms with Crippen LogP contribution in [0.25, 0.3) is 21.8 Å². The lowest BCUT2D eigenvalue weighted by Gasteiger charge is -2.08. The van der Waals surface area contributed by atoms with E-state index in [1.807, 2.05) is 48.5 Å². The summed E-state index contributed by atoms with van der Waals surface area (Å²) >= 11 is 0. The van der Waals surface area contributed by atoms with E-state index in [-0.39, 0.29) is 0 Å². The van der Waals surface area contributed by atoms with E-state index in [1.54, 1.807) is 0 Å². The average Bonchev–Trinajstić information content (AvgIpc) is 2.44. The monoisotopic (exact) mass is 238 g/mol. The minimum Gasteiger partial charge on any atom is -0.370 e. The minimum atomic E-state index is -0.551. The predicted molar refractivity (Wildman–Crippen MR) is 68.9 cm³/mol. The van der Waals surface area contributed by atoms with Crippen molar-refractivity contribution in [1.82, 2.24) is 4.98 Å². The third kappa shape index (κ3) is 1.51. The number of hydrogen-bond donors (Lipinski definition) is 1. The van der Waals surface area contributed by atoms with E-state index < -0.39 is 5.97 Å². The quantitative estimate of drug-likeness (QED) is 0.522. The van der Waals surface area contributed by atoms with Gasteiger partial charge in [-0.15, -0.1) is 0 Å². The van der Waals surface area contributed by atoms with Gasteiger partial charge >= 0.3 is 5.97 Å². The first kappa shape index (κ1) is 10.7. The molecule has 3 aromatic rings. The third-order valence-corrected chi connectivity index (χ3v) is 2.90. The standard InChI is InChI=1S/C14H10N2O2/c15-18-14(17)13-9-5-1-3-7-11(9)16-12-8-4-2-6-10(12)13/h1-8H,15H2. The number of para-hydroxylation sites is 2. The largest absolute Gasteiger partial charge is 0.370 e. The van der Waals surface area contributed by atoms with Crippen LogP contribution in [0, 0.1) is 0 Å². The molecule has 0 spiro atoms. The number of nitrogens with zero attached hydrogens (tertiary/aromatic N) is 1. The summed E-state index contributed by atoms with van der Waals surface area (Å²) in [4.78, 5) is 20.8. The smallest absolute Gasteiger partial charge is 0.357 e. The molecule has 4 heteroatoms. The van der Waals surface area contributed by atoms with Crippen molar-refractivity contribution in [3.63, 3.8) is 0 Å². The molecule has 88 valence electrons. The second-order valence-electron chi connectivity index (χ2n) is 3.93. The van der Waals surface area contributed by atoms with Crippen molar-refractivity contribution < 1.29 is 9.63 Å². The van der Waals surface area contributed by atoms with Gasteiger partial charge in [0.1, 0.15) is 0 Å². The fourth-order valence-corrected chi connectivity index (χ4v) is 2.12. The van der Waals surface area contributed by atoms with Crippen LogP contribution in [0.2, 0.25) is 0 Å². The lowest BCUT2D eigenvalue weighted by Crippen LogP contribution is -2.11. The van der Waals surface area contributed by atoms with Crippen LogP contribution in [0.1, 0.15) is 10.4 Å². The summed E-state index contributed by atoms with van der Waals surface area (Å²) in [6, 6.07) is 14.8. The Bertz CT molecular complexity index is 699. The Kier molecular flexibility index (Phi) is 2.42. The van der Waals surface area contributed by atoms with E-state index in [9.17, 15) is 4.79 Å². The van der Waals surface area contributed by atoms with Crippen LogP contribution in [0.5, 0.6) is 0 Å². The number of carbonyl (C=O) groups excluding carboxylic acids is 1. The molecule has 0 aliphatic rings. The van der Waals surface area contributed by atoms with Gasteiger partial charge in [0.05, 0.1) is 16.6 Å². The maximum absolute atomic E-state index is 11.9. The highest BCUT2D eigenvalue weighted by Crippen LogP contribution is 2.26. The number of benzene rings is 2. The molecule has 0 saturated heterocycles. The molecule has 0 amide bonds. The van der Waals surface area contributed by atoms with Crippen LogP contribution < -0.4 is 5.90 Å². The number of aromatic nitrogens is 1. The predicted octanol–water partition coefficient (Wildman–Crippen LogP) is 2.42. The summed E-state index contributed by atoms with van der Waals surface area (Å²) in [6.07, 6.45) is 0. The van der Waals surface area contributed by atoms with Crippen molar-refractivity contribution in [2.45, 2.75) is 0 Å². The molecule has 2 N–H and O–H groups in total. The first-order valence-electron chi connectivity index (χ1n) is 5.50. The Hall–Kier alpha value is -2.46. The molecule has 0 bridgehead atoms. The lowest BCUT2D eigenvalue weighted by atomic mass is 10.0. The molecule has 0 radical (unpaired) electrons. The van der Waals surface area contributed by atoms with Gasteiger partial charge in [-0.3, -0.25) is 0 Å². The van der Waals surface area contributed by atoms with Crippen LogP contribution in [0.15, 0.2) is 48.5 Å². The molecule has 1 heterocycles. The molecule has 0 atom stereocenters. The molecule has 2 aromatic carbocycles. The van der Waals surface area contributed by atoms with Crippen molar-refractivity contribution in [2.24, 2.45) is 5.90 Å². The number of carbonyl (C=O) groups is 1. The van der Waals surface area contributed by atoms with Gasteiger partial charge in [0, 0.05) is 10.8 Å². The highest BCUT2D eigenvalue weighted by Gasteiger charge is 2.16. The second-order valence-corrected chi connectivity index (χ2v) is 3.93. The molecular weight excluding hydrogens is 228 g/mol. The minimum absolute atomic E-state index is 0.457. The molecule has 18 heavy (non-hydrogen) atoms. The van der Waals surface area contributed by atoms with Crippen LogP contribution in [-0.4, -0.2) is 11.0 Å². The summed E-state index contributed by atoms with van der Waals surface area (Å²) < 4.78 is 0. The molecule has 0 unspecified atom stereocenters. The Morgan fingerprint density at radius 1 is 0.944 bits per heavy atom. The van der Waals surface area contributed by atoms with Crippen molar-refractivity contribution >= 4 is 27.8 Å². The Balaban J connectivity index is 2.53. The maximum atomic E-state index is 11.9. The van der Waals surface area contributed by atoms with Crippen LogP contribution >= 0.6 is 0 Å². The van der Waals surface area contributed by atoms with Gasteiger partial charge in [-0.2, -0.15) is 5.90 Å². The van der Waals surface area contributed by atoms with Gasteiger partial charge in [0.15, 0.2) is 0 Å². The van der Waals surface area contributed by atoms with E-state index in [1.165, 1.54) is 0 Å². The van der Waals surface area contributed by atoms with Gasteiger partial charge in [-0.1, -0.05) is 36.4 Å². The highest BCUT2D eigenvalue weighted by atomic mass is 16.7. The first-order chi connectivity index (χ1) is 8.81. The summed E-state index contributed by atoms with van der Waals surface area (Å²) in [5, 5.41) is 1.48. The van der Waals surface area contributed by atoms with Crippen LogP contribution in [0.4, 0.5) is 0 Å².